The summed E-state index contributed by atoms with van der Waals surface area (Å²) in [6.07, 6.45) is -8.01. The monoisotopic (exact) mass is 207 g/mol. The third-order valence-electron chi connectivity index (χ3n) is 2.06. The van der Waals surface area contributed by atoms with E-state index in [9.17, 15) is 15.0 Å². The molecule has 0 unspecified atom stereocenters. The highest BCUT2D eigenvalue weighted by atomic mass is 16.7. The van der Waals surface area contributed by atoms with Gasteiger partial charge in [-0.1, -0.05) is 0 Å². The number of aliphatic hydroxyl groups excluding tert-OH is 2. The Morgan fingerprint density at radius 3 is 2.43 bits per heavy atom. The zero-order valence-electron chi connectivity index (χ0n) is 7.36. The molecule has 5 atom stereocenters. The quantitative estimate of drug-likeness (QED) is 0.438. The lowest BCUT2D eigenvalue weighted by Crippen LogP contribution is -2.63. The second-order valence-corrected chi connectivity index (χ2v) is 2.94. The van der Waals surface area contributed by atoms with Crippen molar-refractivity contribution in [2.45, 2.75) is 30.7 Å². The maximum atomic E-state index is 10.9. The molecule has 0 amide bonds. The molecule has 0 aliphatic carbocycles. The normalized spacial score (nSPS) is 43.6. The smallest absolute Gasteiger partial charge is 0.335 e. The predicted molar refractivity (Wildman–Crippen MR) is 39.1 cm³/mol. The molecule has 1 aliphatic heterocycles. The molecule has 1 aliphatic rings. The van der Waals surface area contributed by atoms with Crippen LogP contribution in [-0.4, -0.2) is 59.1 Å². The van der Waals surface area contributed by atoms with Crippen LogP contribution >= 0.6 is 0 Å². The predicted octanol–water partition coefficient (Wildman–Crippen LogP) is -3.11. The summed E-state index contributed by atoms with van der Waals surface area (Å²) in [6.45, 7) is 0. The molecule has 0 bridgehead atoms. The first-order valence-electron chi connectivity index (χ1n) is 3.92. The maximum absolute atomic E-state index is 10.9. The number of aliphatic carboxylic acids is 1. The summed E-state index contributed by atoms with van der Waals surface area (Å²) in [5.41, 5.74) is 0. The van der Waals surface area contributed by atoms with Crippen LogP contribution in [0.5, 0.6) is 0 Å². The summed E-state index contributed by atoms with van der Waals surface area (Å²) in [5, 5.41) is 37.9. The van der Waals surface area contributed by atoms with E-state index >= 15 is 0 Å². The number of carboxylic acid groups (broad SMARTS) is 1. The third-order valence-corrected chi connectivity index (χ3v) is 2.06. The number of hydrogen-bond donors (Lipinski definition) is 3. The average Bonchev–Trinajstić information content (AvgIpc) is 2.13. The van der Waals surface area contributed by atoms with Gasteiger partial charge in [-0.3, -0.25) is 0 Å². The molecule has 14 heavy (non-hydrogen) atoms. The molecule has 0 saturated carbocycles. The first kappa shape index (κ1) is 11.3. The van der Waals surface area contributed by atoms with Crippen molar-refractivity contribution in [2.24, 2.45) is 0 Å². The van der Waals surface area contributed by atoms with Gasteiger partial charge in [-0.25, -0.2) is 4.79 Å². The summed E-state index contributed by atoms with van der Waals surface area (Å²) < 4.78 is 9.09. The molecule has 1 heterocycles. The van der Waals surface area contributed by atoms with Crippen molar-refractivity contribution in [3.63, 3.8) is 0 Å². The highest BCUT2D eigenvalue weighted by Gasteiger charge is 2.44. The minimum atomic E-state index is -1.97. The summed E-state index contributed by atoms with van der Waals surface area (Å²) >= 11 is 0. The molecule has 3 N–H and O–H groups in total. The minimum absolute atomic E-state index is 1.16. The van der Waals surface area contributed by atoms with Crippen molar-refractivity contribution < 1.29 is 34.7 Å². The van der Waals surface area contributed by atoms with E-state index in [4.69, 9.17) is 10.2 Å². The Balaban J connectivity index is 2.82. The number of aliphatic hydroxyl groups is 2. The van der Waals surface area contributed by atoms with Crippen LogP contribution in [0.4, 0.5) is 0 Å². The Labute approximate surface area is 79.5 Å². The highest BCUT2D eigenvalue weighted by Crippen LogP contribution is 2.20. The van der Waals surface area contributed by atoms with Crippen molar-refractivity contribution >= 4 is 5.97 Å². The van der Waals surface area contributed by atoms with E-state index in [-0.39, 0.29) is 0 Å². The number of ether oxygens (including phenoxy) is 2. The fourth-order valence-electron chi connectivity index (χ4n) is 1.30. The molecule has 1 saturated heterocycles. The van der Waals surface area contributed by atoms with Gasteiger partial charge in [-0.15, -0.1) is 0 Å². The highest BCUT2D eigenvalue weighted by molar-refractivity contribution is 5.73. The van der Waals surface area contributed by atoms with Gasteiger partial charge in [0.05, 0.1) is 6.10 Å². The Morgan fingerprint density at radius 2 is 2.00 bits per heavy atom. The largest absolute Gasteiger partial charge is 0.829 e. The Kier molecular flexibility index (Phi) is 3.40. The molecule has 0 radical (unpaired) electrons. The molecule has 7 heteroatoms. The van der Waals surface area contributed by atoms with Crippen molar-refractivity contribution in [3.05, 3.63) is 0 Å². The lowest BCUT2D eigenvalue weighted by Gasteiger charge is -2.43. The molecule has 0 spiro atoms. The van der Waals surface area contributed by atoms with Gasteiger partial charge < -0.3 is 29.9 Å². The second kappa shape index (κ2) is 4.20. The van der Waals surface area contributed by atoms with Crippen molar-refractivity contribution in [1.82, 2.24) is 0 Å². The second-order valence-electron chi connectivity index (χ2n) is 2.94. The van der Waals surface area contributed by atoms with Gasteiger partial charge in [0.15, 0.2) is 6.10 Å². The molecule has 0 aromatic carbocycles. The minimum Gasteiger partial charge on any atom is -0.829 e. The number of carboxylic acids is 1. The van der Waals surface area contributed by atoms with Crippen molar-refractivity contribution in [3.8, 4) is 0 Å². The average molecular weight is 207 g/mol. The fraction of sp³-hybridized carbons (Fsp3) is 0.857. The van der Waals surface area contributed by atoms with Crippen LogP contribution < -0.4 is 5.11 Å². The van der Waals surface area contributed by atoms with Crippen molar-refractivity contribution in [2.75, 3.05) is 7.11 Å². The standard InChI is InChI=1S/C7H11O7/c1-13-4-2(8)3(9)7(12)14-5(4)6(10)11/h2-5,7-9H,1H3,(H,10,11)/q-1/t2-,3-,4+,5+,7+/m1/s1. The van der Waals surface area contributed by atoms with Crippen LogP contribution in [0.1, 0.15) is 0 Å². The zero-order valence-corrected chi connectivity index (χ0v) is 7.36. The van der Waals surface area contributed by atoms with Crippen LogP contribution in [0.3, 0.4) is 0 Å². The van der Waals surface area contributed by atoms with Gasteiger partial charge in [0.2, 0.25) is 0 Å². The number of methoxy groups -OCH3 is 1. The molecule has 1 fully saturated rings. The summed E-state index contributed by atoms with van der Waals surface area (Å²) in [7, 11) is 1.16. The lowest BCUT2D eigenvalue weighted by molar-refractivity contribution is -0.529. The molecular weight excluding hydrogens is 196 g/mol. The Morgan fingerprint density at radius 1 is 1.43 bits per heavy atom. The third kappa shape index (κ3) is 1.86. The summed E-state index contributed by atoms with van der Waals surface area (Å²) in [4.78, 5) is 10.6. The first-order chi connectivity index (χ1) is 6.49. The topological polar surface area (TPSA) is 119 Å². The Hall–Kier alpha value is -0.730. The molecule has 1 rings (SSSR count). The number of carbonyl (C=O) groups is 1. The van der Waals surface area contributed by atoms with Crippen molar-refractivity contribution in [1.29, 1.82) is 0 Å². The molecule has 7 nitrogen and oxygen atoms in total. The molecule has 82 valence electrons. The number of rotatable bonds is 2. The molecule has 0 aromatic heterocycles. The van der Waals surface area contributed by atoms with Gasteiger partial charge in [-0.05, 0) is 0 Å². The van der Waals surface area contributed by atoms with Crippen LogP contribution in [0.2, 0.25) is 0 Å². The first-order valence-corrected chi connectivity index (χ1v) is 3.92. The van der Waals surface area contributed by atoms with E-state index in [0.717, 1.165) is 7.11 Å². The fourth-order valence-corrected chi connectivity index (χ4v) is 1.30. The number of hydrogen-bond acceptors (Lipinski definition) is 6. The molecular formula is C7H11O7-. The zero-order chi connectivity index (χ0) is 10.9. The van der Waals surface area contributed by atoms with E-state index in [0.29, 0.717) is 0 Å². The Bertz CT molecular complexity index is 218. The van der Waals surface area contributed by atoms with E-state index in [1.165, 1.54) is 0 Å². The SMILES string of the molecule is CO[C@H]1[C@H](O)[C@@H](O)[C@@H]([O-])O[C@@H]1C(=O)O. The van der Waals surface area contributed by atoms with Crippen LogP contribution in [0.25, 0.3) is 0 Å². The van der Waals surface area contributed by atoms with Gasteiger partial charge in [0.25, 0.3) is 0 Å². The lowest BCUT2D eigenvalue weighted by atomic mass is 9.99. The van der Waals surface area contributed by atoms with Crippen LogP contribution in [0.15, 0.2) is 0 Å². The van der Waals surface area contributed by atoms with Gasteiger partial charge in [0.1, 0.15) is 12.2 Å². The van der Waals surface area contributed by atoms with Gasteiger partial charge >= 0.3 is 5.97 Å². The van der Waals surface area contributed by atoms with Gasteiger partial charge in [0, 0.05) is 13.4 Å². The van der Waals surface area contributed by atoms with E-state index in [2.05, 4.69) is 9.47 Å². The van der Waals surface area contributed by atoms with Crippen LogP contribution in [0, 0.1) is 0 Å². The summed E-state index contributed by atoms with van der Waals surface area (Å²) in [5.74, 6) is -1.41. The van der Waals surface area contributed by atoms with E-state index in [1.54, 1.807) is 0 Å². The summed E-state index contributed by atoms with van der Waals surface area (Å²) in [6, 6.07) is 0. The van der Waals surface area contributed by atoms with E-state index in [1.807, 2.05) is 0 Å². The van der Waals surface area contributed by atoms with Gasteiger partial charge in [-0.2, -0.15) is 0 Å². The molecule has 0 aromatic rings. The van der Waals surface area contributed by atoms with E-state index < -0.39 is 36.7 Å². The van der Waals surface area contributed by atoms with Crippen LogP contribution in [-0.2, 0) is 14.3 Å². The maximum Gasteiger partial charge on any atom is 0.335 e.